The summed E-state index contributed by atoms with van der Waals surface area (Å²) in [4.78, 5) is 3.95. The maximum atomic E-state index is 8.73. The van der Waals surface area contributed by atoms with Crippen molar-refractivity contribution in [2.45, 2.75) is 38.1 Å². The second kappa shape index (κ2) is 5.87. The Morgan fingerprint density at radius 3 is 2.55 bits per heavy atom. The van der Waals surface area contributed by atoms with Gasteiger partial charge in [-0.1, -0.05) is 30.3 Å². The fourth-order valence-corrected chi connectivity index (χ4v) is 3.10. The zero-order chi connectivity index (χ0) is 13.8. The molecule has 1 aliphatic carbocycles. The molecule has 0 unspecified atom stereocenters. The summed E-state index contributed by atoms with van der Waals surface area (Å²) in [6.45, 7) is 0.885. The summed E-state index contributed by atoms with van der Waals surface area (Å²) in [6, 6.07) is 12.8. The molecular weight excluding hydrogens is 248 g/mol. The number of nitrogens with zero attached hydrogens (tertiary/aromatic N) is 4. The molecule has 0 radical (unpaired) electrons. The van der Waals surface area contributed by atoms with Gasteiger partial charge in [0, 0.05) is 6.54 Å². The molecule has 0 aliphatic heterocycles. The highest BCUT2D eigenvalue weighted by Crippen LogP contribution is 2.36. The lowest BCUT2D eigenvalue weighted by Gasteiger charge is -2.28. The number of hydrogen-bond acceptors (Lipinski definition) is 3. The van der Waals surface area contributed by atoms with Crippen molar-refractivity contribution in [1.29, 1.82) is 5.26 Å². The van der Waals surface area contributed by atoms with E-state index in [2.05, 4.69) is 40.4 Å². The second-order valence-electron chi connectivity index (χ2n) is 5.53. The summed E-state index contributed by atoms with van der Waals surface area (Å²) < 4.78 is 1.81. The van der Waals surface area contributed by atoms with Crippen molar-refractivity contribution in [3.8, 4) is 6.07 Å². The topological polar surface area (TPSA) is 54.5 Å². The Bertz CT molecular complexity index is 588. The van der Waals surface area contributed by atoms with Crippen molar-refractivity contribution in [3.63, 3.8) is 0 Å². The van der Waals surface area contributed by atoms with Gasteiger partial charge in [-0.25, -0.2) is 4.98 Å². The van der Waals surface area contributed by atoms with Crippen LogP contribution in [0.2, 0.25) is 0 Å². The normalized spacial score (nSPS) is 22.4. The maximum absolute atomic E-state index is 8.73. The largest absolute Gasteiger partial charge is 0.252 e. The van der Waals surface area contributed by atoms with Gasteiger partial charge in [0.2, 0.25) is 0 Å². The Balaban J connectivity index is 1.55. The summed E-state index contributed by atoms with van der Waals surface area (Å²) in [7, 11) is 0. The molecule has 0 atom stereocenters. The minimum atomic E-state index is 0.267. The van der Waals surface area contributed by atoms with Gasteiger partial charge in [0.15, 0.2) is 0 Å². The molecule has 4 heteroatoms. The third-order valence-corrected chi connectivity index (χ3v) is 4.20. The van der Waals surface area contributed by atoms with Crippen molar-refractivity contribution in [2.24, 2.45) is 5.92 Å². The molecule has 1 saturated carbocycles. The van der Waals surface area contributed by atoms with Gasteiger partial charge in [0.25, 0.3) is 5.82 Å². The van der Waals surface area contributed by atoms with Crippen LogP contribution in [0.5, 0.6) is 0 Å². The molecule has 20 heavy (non-hydrogen) atoms. The predicted molar refractivity (Wildman–Crippen MR) is 75.9 cm³/mol. The first-order valence-corrected chi connectivity index (χ1v) is 7.19. The lowest BCUT2D eigenvalue weighted by Crippen LogP contribution is -2.18. The Kier molecular flexibility index (Phi) is 3.78. The molecule has 0 amide bonds. The standard InChI is InChI=1S/C16H18N4/c17-10-16-18-12-20(19-16)11-13-6-8-15(9-7-13)14-4-2-1-3-5-14/h1-5,12-13,15H,6-9,11H2. The number of aromatic nitrogens is 3. The smallest absolute Gasteiger partial charge is 0.251 e. The molecule has 1 aromatic carbocycles. The van der Waals surface area contributed by atoms with E-state index >= 15 is 0 Å². The monoisotopic (exact) mass is 266 g/mol. The van der Waals surface area contributed by atoms with E-state index in [1.165, 1.54) is 31.2 Å². The van der Waals surface area contributed by atoms with Crippen LogP contribution >= 0.6 is 0 Å². The van der Waals surface area contributed by atoms with E-state index in [-0.39, 0.29) is 5.82 Å². The van der Waals surface area contributed by atoms with Crippen LogP contribution in [0.25, 0.3) is 0 Å². The molecule has 0 bridgehead atoms. The summed E-state index contributed by atoms with van der Waals surface area (Å²) in [5.74, 6) is 1.63. The van der Waals surface area contributed by atoms with Crippen LogP contribution < -0.4 is 0 Å². The molecule has 0 N–H and O–H groups in total. The Hall–Kier alpha value is -2.15. The van der Waals surface area contributed by atoms with E-state index in [9.17, 15) is 0 Å². The molecule has 1 fully saturated rings. The number of nitriles is 1. The van der Waals surface area contributed by atoms with Crippen molar-refractivity contribution in [3.05, 3.63) is 48.0 Å². The minimum Gasteiger partial charge on any atom is -0.251 e. The predicted octanol–water partition coefficient (Wildman–Crippen LogP) is 3.12. The third-order valence-electron chi connectivity index (χ3n) is 4.20. The molecule has 1 heterocycles. The van der Waals surface area contributed by atoms with Crippen LogP contribution in [0.3, 0.4) is 0 Å². The van der Waals surface area contributed by atoms with Gasteiger partial charge >= 0.3 is 0 Å². The van der Waals surface area contributed by atoms with Gasteiger partial charge in [-0.3, -0.25) is 4.68 Å². The summed E-state index contributed by atoms with van der Waals surface area (Å²) in [5, 5.41) is 12.9. The summed E-state index contributed by atoms with van der Waals surface area (Å²) >= 11 is 0. The first kappa shape index (κ1) is 12.9. The molecule has 1 aromatic heterocycles. The van der Waals surface area contributed by atoms with Crippen molar-refractivity contribution >= 4 is 0 Å². The van der Waals surface area contributed by atoms with Gasteiger partial charge in [0.1, 0.15) is 12.4 Å². The highest BCUT2D eigenvalue weighted by atomic mass is 15.3. The fourth-order valence-electron chi connectivity index (χ4n) is 3.10. The van der Waals surface area contributed by atoms with Crippen molar-refractivity contribution < 1.29 is 0 Å². The van der Waals surface area contributed by atoms with Gasteiger partial charge in [-0.05, 0) is 43.1 Å². The molecule has 102 valence electrons. The van der Waals surface area contributed by atoms with Crippen molar-refractivity contribution in [2.75, 3.05) is 0 Å². The molecule has 3 rings (SSSR count). The van der Waals surface area contributed by atoms with Crippen LogP contribution in [0.1, 0.15) is 43.0 Å². The molecule has 0 spiro atoms. The Morgan fingerprint density at radius 1 is 1.15 bits per heavy atom. The van der Waals surface area contributed by atoms with E-state index in [1.54, 1.807) is 6.33 Å². The van der Waals surface area contributed by atoms with Crippen molar-refractivity contribution in [1.82, 2.24) is 14.8 Å². The molecular formula is C16H18N4. The zero-order valence-corrected chi connectivity index (χ0v) is 11.4. The van der Waals surface area contributed by atoms with Crippen LogP contribution in [-0.2, 0) is 6.54 Å². The number of rotatable bonds is 3. The maximum Gasteiger partial charge on any atom is 0.252 e. The molecule has 4 nitrogen and oxygen atoms in total. The SMILES string of the molecule is N#Cc1ncn(CC2CCC(c3ccccc3)CC2)n1. The van der Waals surface area contributed by atoms with Gasteiger partial charge < -0.3 is 0 Å². The fraction of sp³-hybridized carbons (Fsp3) is 0.438. The average molecular weight is 266 g/mol. The third kappa shape index (κ3) is 2.88. The number of hydrogen-bond donors (Lipinski definition) is 0. The highest BCUT2D eigenvalue weighted by Gasteiger charge is 2.22. The van der Waals surface area contributed by atoms with Crippen LogP contribution in [0.4, 0.5) is 0 Å². The number of benzene rings is 1. The lowest BCUT2D eigenvalue weighted by atomic mass is 9.79. The van der Waals surface area contributed by atoms with Gasteiger partial charge in [-0.15, -0.1) is 5.10 Å². The summed E-state index contributed by atoms with van der Waals surface area (Å²) in [6.07, 6.45) is 6.60. The van der Waals surface area contributed by atoms with E-state index < -0.39 is 0 Å². The Morgan fingerprint density at radius 2 is 1.90 bits per heavy atom. The first-order valence-electron chi connectivity index (χ1n) is 7.19. The average Bonchev–Trinajstić information content (AvgIpc) is 2.97. The van der Waals surface area contributed by atoms with Gasteiger partial charge in [-0.2, -0.15) is 5.26 Å². The highest BCUT2D eigenvalue weighted by molar-refractivity contribution is 5.19. The summed E-state index contributed by atoms with van der Waals surface area (Å²) in [5.41, 5.74) is 1.47. The zero-order valence-electron chi connectivity index (χ0n) is 11.4. The van der Waals surface area contributed by atoms with E-state index in [1.807, 2.05) is 10.8 Å². The molecule has 2 aromatic rings. The van der Waals surface area contributed by atoms with E-state index in [0.717, 1.165) is 6.54 Å². The molecule has 1 aliphatic rings. The quantitative estimate of drug-likeness (QED) is 0.857. The van der Waals surface area contributed by atoms with Crippen LogP contribution in [-0.4, -0.2) is 14.8 Å². The second-order valence-corrected chi connectivity index (χ2v) is 5.53. The van der Waals surface area contributed by atoms with Gasteiger partial charge in [0.05, 0.1) is 0 Å². The first-order chi connectivity index (χ1) is 9.85. The Labute approximate surface area is 119 Å². The lowest BCUT2D eigenvalue weighted by molar-refractivity contribution is 0.285. The van der Waals surface area contributed by atoms with E-state index in [0.29, 0.717) is 11.8 Å². The molecule has 0 saturated heterocycles. The minimum absolute atomic E-state index is 0.267. The van der Waals surface area contributed by atoms with Crippen LogP contribution in [0, 0.1) is 17.2 Å². The van der Waals surface area contributed by atoms with Crippen LogP contribution in [0.15, 0.2) is 36.7 Å². The van der Waals surface area contributed by atoms with E-state index in [4.69, 9.17) is 5.26 Å².